The van der Waals surface area contributed by atoms with Crippen molar-refractivity contribution in [1.82, 2.24) is 10.3 Å². The molecular formula is C12H12Cl2N2O. The van der Waals surface area contributed by atoms with Gasteiger partial charge < -0.3 is 5.32 Å². The van der Waals surface area contributed by atoms with E-state index in [2.05, 4.69) is 22.5 Å². The number of hydrogen-bond donors (Lipinski definition) is 1. The number of amides is 1. The van der Waals surface area contributed by atoms with Crippen molar-refractivity contribution < 1.29 is 4.79 Å². The Kier molecular flexibility index (Phi) is 4.02. The number of carbonyl (C=O) groups is 1. The van der Waals surface area contributed by atoms with Gasteiger partial charge in [0.2, 0.25) is 0 Å². The van der Waals surface area contributed by atoms with Crippen LogP contribution in [0.4, 0.5) is 0 Å². The quantitative estimate of drug-likeness (QED) is 0.662. The molecule has 1 aromatic rings. The molecular weight excluding hydrogens is 259 g/mol. The summed E-state index contributed by atoms with van der Waals surface area (Å²) in [5.41, 5.74) is 0.449. The van der Waals surface area contributed by atoms with Gasteiger partial charge in [-0.2, -0.15) is 0 Å². The molecule has 0 bridgehead atoms. The van der Waals surface area contributed by atoms with Gasteiger partial charge in [-0.15, -0.1) is 0 Å². The first-order valence-corrected chi connectivity index (χ1v) is 6.19. The van der Waals surface area contributed by atoms with Crippen molar-refractivity contribution in [1.29, 1.82) is 0 Å². The highest BCUT2D eigenvalue weighted by atomic mass is 35.5. The van der Waals surface area contributed by atoms with Crippen molar-refractivity contribution in [2.75, 3.05) is 0 Å². The first kappa shape index (κ1) is 12.4. The van der Waals surface area contributed by atoms with Gasteiger partial charge >= 0.3 is 0 Å². The van der Waals surface area contributed by atoms with E-state index >= 15 is 0 Å². The third-order valence-corrected chi connectivity index (χ3v) is 3.02. The SMILES string of the molecule is O=C(NC1CC=CCC1)c1cc(Cl)nc(Cl)c1. The van der Waals surface area contributed by atoms with Gasteiger partial charge in [-0.3, -0.25) is 4.79 Å². The zero-order chi connectivity index (χ0) is 12.3. The molecule has 0 aromatic carbocycles. The van der Waals surface area contributed by atoms with Crippen molar-refractivity contribution >= 4 is 29.1 Å². The molecule has 0 fully saturated rings. The summed E-state index contributed by atoms with van der Waals surface area (Å²) < 4.78 is 0. The van der Waals surface area contributed by atoms with Gasteiger partial charge in [-0.25, -0.2) is 4.98 Å². The Bertz CT molecular complexity index is 440. The first-order chi connectivity index (χ1) is 8.15. The van der Waals surface area contributed by atoms with Crippen molar-refractivity contribution in [2.24, 2.45) is 0 Å². The smallest absolute Gasteiger partial charge is 0.251 e. The van der Waals surface area contributed by atoms with Gasteiger partial charge in [0.25, 0.3) is 5.91 Å². The van der Waals surface area contributed by atoms with Crippen molar-refractivity contribution in [2.45, 2.75) is 25.3 Å². The van der Waals surface area contributed by atoms with Crippen LogP contribution in [0, 0.1) is 0 Å². The van der Waals surface area contributed by atoms with Crippen LogP contribution in [-0.2, 0) is 0 Å². The summed E-state index contributed by atoms with van der Waals surface area (Å²) in [5, 5.41) is 3.41. The van der Waals surface area contributed by atoms with Gasteiger partial charge in [0.1, 0.15) is 10.3 Å². The van der Waals surface area contributed by atoms with Gasteiger partial charge in [0.05, 0.1) is 0 Å². The van der Waals surface area contributed by atoms with Gasteiger partial charge in [0, 0.05) is 11.6 Å². The maximum Gasteiger partial charge on any atom is 0.251 e. The number of carbonyl (C=O) groups excluding carboxylic acids is 1. The molecule has 1 N–H and O–H groups in total. The molecule has 17 heavy (non-hydrogen) atoms. The Labute approximate surface area is 110 Å². The zero-order valence-corrected chi connectivity index (χ0v) is 10.6. The average Bonchev–Trinajstić information content (AvgIpc) is 2.29. The highest BCUT2D eigenvalue weighted by Crippen LogP contribution is 2.16. The summed E-state index contributed by atoms with van der Waals surface area (Å²) in [5.74, 6) is -0.156. The lowest BCUT2D eigenvalue weighted by molar-refractivity contribution is 0.0934. The number of pyridine rings is 1. The van der Waals surface area contributed by atoms with E-state index in [0.717, 1.165) is 19.3 Å². The van der Waals surface area contributed by atoms with E-state index in [-0.39, 0.29) is 22.3 Å². The second-order valence-corrected chi connectivity index (χ2v) is 4.73. The van der Waals surface area contributed by atoms with Crippen LogP contribution >= 0.6 is 23.2 Å². The molecule has 0 saturated heterocycles. The molecule has 1 aliphatic carbocycles. The molecule has 0 spiro atoms. The Hall–Kier alpha value is -1.06. The molecule has 1 aromatic heterocycles. The van der Waals surface area contributed by atoms with Crippen LogP contribution in [0.3, 0.4) is 0 Å². The fraction of sp³-hybridized carbons (Fsp3) is 0.333. The summed E-state index contributed by atoms with van der Waals surface area (Å²) in [6, 6.07) is 3.22. The summed E-state index contributed by atoms with van der Waals surface area (Å²) in [7, 11) is 0. The maximum absolute atomic E-state index is 11.9. The highest BCUT2D eigenvalue weighted by Gasteiger charge is 2.15. The largest absolute Gasteiger partial charge is 0.349 e. The van der Waals surface area contributed by atoms with Gasteiger partial charge in [-0.1, -0.05) is 35.4 Å². The third kappa shape index (κ3) is 3.45. The minimum atomic E-state index is -0.156. The summed E-state index contributed by atoms with van der Waals surface area (Å²) >= 11 is 11.5. The predicted octanol–water partition coefficient (Wildman–Crippen LogP) is 3.23. The summed E-state index contributed by atoms with van der Waals surface area (Å²) in [4.78, 5) is 15.7. The van der Waals surface area contributed by atoms with E-state index in [1.165, 1.54) is 12.1 Å². The van der Waals surface area contributed by atoms with Crippen molar-refractivity contribution in [3.05, 3.63) is 40.2 Å². The standard InChI is InChI=1S/C12H12Cl2N2O/c13-10-6-8(7-11(14)16-10)12(17)15-9-4-2-1-3-5-9/h1-2,6-7,9H,3-5H2,(H,15,17). The zero-order valence-electron chi connectivity index (χ0n) is 9.12. The van der Waals surface area contributed by atoms with E-state index in [1.54, 1.807) is 0 Å². The number of aromatic nitrogens is 1. The Morgan fingerprint density at radius 3 is 2.59 bits per heavy atom. The van der Waals surface area contributed by atoms with E-state index in [4.69, 9.17) is 23.2 Å². The lowest BCUT2D eigenvalue weighted by Crippen LogP contribution is -2.35. The number of hydrogen-bond acceptors (Lipinski definition) is 2. The number of nitrogens with zero attached hydrogens (tertiary/aromatic N) is 1. The van der Waals surface area contributed by atoms with Crippen LogP contribution in [0.2, 0.25) is 10.3 Å². The summed E-state index contributed by atoms with van der Waals surface area (Å²) in [6.07, 6.45) is 7.06. The van der Waals surface area contributed by atoms with Crippen LogP contribution in [0.1, 0.15) is 29.6 Å². The van der Waals surface area contributed by atoms with Crippen molar-refractivity contribution in [3.63, 3.8) is 0 Å². The molecule has 2 rings (SSSR count). The lowest BCUT2D eigenvalue weighted by Gasteiger charge is -2.19. The number of halogens is 2. The van der Waals surface area contributed by atoms with E-state index in [9.17, 15) is 4.79 Å². The molecule has 1 unspecified atom stereocenters. The third-order valence-electron chi connectivity index (χ3n) is 2.63. The lowest BCUT2D eigenvalue weighted by atomic mass is 10.0. The topological polar surface area (TPSA) is 42.0 Å². The van der Waals surface area contributed by atoms with Gasteiger partial charge in [0.15, 0.2) is 0 Å². The molecule has 1 aliphatic rings. The monoisotopic (exact) mass is 270 g/mol. The molecule has 1 heterocycles. The maximum atomic E-state index is 11.9. The number of rotatable bonds is 2. The van der Waals surface area contributed by atoms with Crippen LogP contribution in [0.5, 0.6) is 0 Å². The molecule has 5 heteroatoms. The fourth-order valence-electron chi connectivity index (χ4n) is 1.79. The predicted molar refractivity (Wildman–Crippen MR) is 68.5 cm³/mol. The molecule has 90 valence electrons. The fourth-order valence-corrected chi connectivity index (χ4v) is 2.25. The Balaban J connectivity index is 2.06. The normalized spacial score (nSPS) is 19.1. The van der Waals surface area contributed by atoms with Crippen LogP contribution in [0.15, 0.2) is 24.3 Å². The number of allylic oxidation sites excluding steroid dienone is 1. The molecule has 0 radical (unpaired) electrons. The van der Waals surface area contributed by atoms with Crippen LogP contribution in [-0.4, -0.2) is 16.9 Å². The molecule has 1 atom stereocenters. The second kappa shape index (κ2) is 5.52. The minimum Gasteiger partial charge on any atom is -0.349 e. The first-order valence-electron chi connectivity index (χ1n) is 5.44. The van der Waals surface area contributed by atoms with E-state index in [0.29, 0.717) is 5.56 Å². The minimum absolute atomic E-state index is 0.156. The second-order valence-electron chi connectivity index (χ2n) is 3.96. The van der Waals surface area contributed by atoms with Crippen molar-refractivity contribution in [3.8, 4) is 0 Å². The van der Waals surface area contributed by atoms with E-state index < -0.39 is 0 Å². The average molecular weight is 271 g/mol. The Morgan fingerprint density at radius 2 is 2.00 bits per heavy atom. The van der Waals surface area contributed by atoms with Crippen LogP contribution < -0.4 is 5.32 Å². The molecule has 0 aliphatic heterocycles. The van der Waals surface area contributed by atoms with Gasteiger partial charge in [-0.05, 0) is 31.4 Å². The molecule has 3 nitrogen and oxygen atoms in total. The molecule has 0 saturated carbocycles. The van der Waals surface area contributed by atoms with E-state index in [1.807, 2.05) is 0 Å². The summed E-state index contributed by atoms with van der Waals surface area (Å²) in [6.45, 7) is 0. The Morgan fingerprint density at radius 1 is 1.29 bits per heavy atom. The molecule has 1 amide bonds. The van der Waals surface area contributed by atoms with Crippen LogP contribution in [0.25, 0.3) is 0 Å². The number of nitrogens with one attached hydrogen (secondary N) is 1. The highest BCUT2D eigenvalue weighted by molar-refractivity contribution is 6.33.